The maximum Gasteiger partial charge on any atom is 0.407 e. The van der Waals surface area contributed by atoms with Crippen LogP contribution in [0.2, 0.25) is 5.82 Å². The number of amides is 1. The zero-order valence-electron chi connectivity index (χ0n) is 8.83. The highest BCUT2D eigenvalue weighted by Gasteiger charge is 2.10. The van der Waals surface area contributed by atoms with E-state index in [1.165, 1.54) is 0 Å². The number of hydrogen-bond acceptors (Lipinski definition) is 2. The fourth-order valence-corrected chi connectivity index (χ4v) is 1.02. The third-order valence-electron chi connectivity index (χ3n) is 1.42. The van der Waals surface area contributed by atoms with E-state index in [0.29, 0.717) is 6.42 Å². The van der Waals surface area contributed by atoms with Crippen molar-refractivity contribution < 1.29 is 9.53 Å². The molecule has 0 heterocycles. The molecule has 0 saturated heterocycles. The van der Waals surface area contributed by atoms with Gasteiger partial charge >= 0.3 is 6.09 Å². The Kier molecular flexibility index (Phi) is 5.59. The summed E-state index contributed by atoms with van der Waals surface area (Å²) in [6, 6.07) is 0.106. The van der Waals surface area contributed by atoms with Gasteiger partial charge in [0.2, 0.25) is 0 Å². The zero-order valence-corrected chi connectivity index (χ0v) is 8.83. The molecule has 0 fully saturated rings. The lowest BCUT2D eigenvalue weighted by Gasteiger charge is -2.16. The van der Waals surface area contributed by atoms with E-state index in [4.69, 9.17) is 12.6 Å². The highest BCUT2D eigenvalue weighted by molar-refractivity contribution is 6.11. The molecule has 0 aliphatic rings. The molecular weight excluding hydrogens is 165 g/mol. The monoisotopic (exact) mass is 183 g/mol. The number of ether oxygens (including phenoxy) is 1. The van der Waals surface area contributed by atoms with Crippen molar-refractivity contribution in [2.45, 2.75) is 52.1 Å². The Morgan fingerprint density at radius 3 is 2.31 bits per heavy atom. The van der Waals surface area contributed by atoms with Gasteiger partial charge in [-0.25, -0.2) is 4.79 Å². The summed E-state index contributed by atoms with van der Waals surface area (Å²) in [6.07, 6.45) is 0.188. The Bertz CT molecular complexity index is 160. The second-order valence-corrected chi connectivity index (χ2v) is 3.73. The van der Waals surface area contributed by atoms with E-state index in [-0.39, 0.29) is 24.1 Å². The lowest BCUT2D eigenvalue weighted by molar-refractivity contribution is 0.1000. The van der Waals surface area contributed by atoms with E-state index in [0.717, 1.165) is 0 Å². The maximum atomic E-state index is 11.1. The van der Waals surface area contributed by atoms with Crippen LogP contribution in [0.4, 0.5) is 4.79 Å². The standard InChI is InChI=1S/C9H18BNO2/c1-6(2)11-9(12)13-8(4)5-7(3)10/h6-8H,5H2,1-4H3,(H,11,12). The molecule has 0 aliphatic heterocycles. The van der Waals surface area contributed by atoms with E-state index in [1.807, 2.05) is 27.7 Å². The molecule has 13 heavy (non-hydrogen) atoms. The van der Waals surface area contributed by atoms with Gasteiger partial charge in [0.15, 0.2) is 0 Å². The number of hydrogen-bond donors (Lipinski definition) is 1. The zero-order chi connectivity index (χ0) is 10.4. The van der Waals surface area contributed by atoms with Gasteiger partial charge < -0.3 is 10.1 Å². The predicted molar refractivity (Wildman–Crippen MR) is 54.0 cm³/mol. The molecule has 2 unspecified atom stereocenters. The Morgan fingerprint density at radius 2 is 1.92 bits per heavy atom. The van der Waals surface area contributed by atoms with Crippen molar-refractivity contribution in [2.75, 3.05) is 0 Å². The molecule has 1 amide bonds. The minimum absolute atomic E-state index is 0.0573. The van der Waals surface area contributed by atoms with E-state index in [2.05, 4.69) is 5.32 Å². The second-order valence-electron chi connectivity index (χ2n) is 3.73. The average molecular weight is 183 g/mol. The van der Waals surface area contributed by atoms with E-state index in [9.17, 15) is 4.79 Å². The first-order valence-corrected chi connectivity index (χ1v) is 4.64. The molecule has 2 radical (unpaired) electrons. The number of nitrogens with one attached hydrogen (secondary N) is 1. The van der Waals surface area contributed by atoms with Gasteiger partial charge in [-0.3, -0.25) is 0 Å². The molecule has 0 rings (SSSR count). The first kappa shape index (κ1) is 12.3. The molecule has 0 saturated carbocycles. The molecular formula is C9H18BNO2. The third-order valence-corrected chi connectivity index (χ3v) is 1.42. The molecule has 0 aromatic carbocycles. The van der Waals surface area contributed by atoms with Crippen molar-refractivity contribution in [3.8, 4) is 0 Å². The smallest absolute Gasteiger partial charge is 0.407 e. The summed E-state index contributed by atoms with van der Waals surface area (Å²) in [4.78, 5) is 11.1. The molecule has 0 aliphatic carbocycles. The molecule has 74 valence electrons. The topological polar surface area (TPSA) is 38.3 Å². The van der Waals surface area contributed by atoms with Gasteiger partial charge in [-0.15, -0.1) is 0 Å². The Hall–Kier alpha value is -0.665. The number of carbonyl (C=O) groups excluding carboxylic acids is 1. The van der Waals surface area contributed by atoms with Crippen molar-refractivity contribution in [2.24, 2.45) is 0 Å². The number of alkyl carbamates (subject to hydrolysis) is 1. The van der Waals surface area contributed by atoms with Crippen molar-refractivity contribution in [1.82, 2.24) is 5.32 Å². The molecule has 0 aromatic heterocycles. The van der Waals surface area contributed by atoms with Gasteiger partial charge in [0, 0.05) is 6.04 Å². The van der Waals surface area contributed by atoms with Crippen LogP contribution in [0.3, 0.4) is 0 Å². The molecule has 2 atom stereocenters. The minimum atomic E-state index is -0.372. The lowest BCUT2D eigenvalue weighted by Crippen LogP contribution is -2.33. The highest BCUT2D eigenvalue weighted by Crippen LogP contribution is 2.09. The highest BCUT2D eigenvalue weighted by atomic mass is 16.6. The third kappa shape index (κ3) is 7.69. The molecule has 4 heteroatoms. The second kappa shape index (κ2) is 5.89. The molecule has 0 aromatic rings. The van der Waals surface area contributed by atoms with Gasteiger partial charge in [-0.1, -0.05) is 12.7 Å². The van der Waals surface area contributed by atoms with Crippen molar-refractivity contribution in [3.63, 3.8) is 0 Å². The SMILES string of the molecule is [B]C(C)CC(C)OC(=O)NC(C)C. The van der Waals surface area contributed by atoms with Crippen molar-refractivity contribution in [3.05, 3.63) is 0 Å². The van der Waals surface area contributed by atoms with Crippen LogP contribution in [0.15, 0.2) is 0 Å². The minimum Gasteiger partial charge on any atom is -0.447 e. The van der Waals surface area contributed by atoms with Gasteiger partial charge in [-0.05, 0) is 27.2 Å². The first-order valence-electron chi connectivity index (χ1n) is 4.64. The Labute approximate surface area is 81.6 Å². The first-order chi connectivity index (χ1) is 5.91. The molecule has 0 spiro atoms. The largest absolute Gasteiger partial charge is 0.447 e. The summed E-state index contributed by atoms with van der Waals surface area (Å²) in [6.45, 7) is 7.50. The van der Waals surface area contributed by atoms with Crippen LogP contribution in [0.1, 0.15) is 34.1 Å². The van der Waals surface area contributed by atoms with Gasteiger partial charge in [0.1, 0.15) is 6.10 Å². The Balaban J connectivity index is 3.65. The number of carbonyl (C=O) groups is 1. The average Bonchev–Trinajstić information content (AvgIpc) is 1.80. The van der Waals surface area contributed by atoms with Crippen molar-refractivity contribution in [1.29, 1.82) is 0 Å². The summed E-state index contributed by atoms with van der Waals surface area (Å²) < 4.78 is 5.04. The summed E-state index contributed by atoms with van der Waals surface area (Å²) in [5, 5.41) is 2.64. The van der Waals surface area contributed by atoms with E-state index < -0.39 is 0 Å². The molecule has 1 N–H and O–H groups in total. The summed E-state index contributed by atoms with van der Waals surface area (Å²) >= 11 is 0. The Morgan fingerprint density at radius 1 is 1.38 bits per heavy atom. The van der Waals surface area contributed by atoms with Crippen LogP contribution in [0, 0.1) is 0 Å². The lowest BCUT2D eigenvalue weighted by atomic mass is 9.85. The van der Waals surface area contributed by atoms with Crippen LogP contribution in [-0.2, 0) is 4.74 Å². The van der Waals surface area contributed by atoms with Crippen LogP contribution in [-0.4, -0.2) is 26.1 Å². The number of rotatable bonds is 4. The van der Waals surface area contributed by atoms with Gasteiger partial charge in [0.05, 0.1) is 7.85 Å². The summed E-state index contributed by atoms with van der Waals surface area (Å²) in [5.74, 6) is 0.0573. The molecule has 3 nitrogen and oxygen atoms in total. The van der Waals surface area contributed by atoms with Crippen LogP contribution in [0.5, 0.6) is 0 Å². The van der Waals surface area contributed by atoms with Crippen LogP contribution in [0.25, 0.3) is 0 Å². The van der Waals surface area contributed by atoms with E-state index >= 15 is 0 Å². The fraction of sp³-hybridized carbons (Fsp3) is 0.889. The fourth-order valence-electron chi connectivity index (χ4n) is 1.02. The molecule has 0 bridgehead atoms. The normalized spacial score (nSPS) is 15.2. The van der Waals surface area contributed by atoms with Crippen LogP contribution >= 0.6 is 0 Å². The predicted octanol–water partition coefficient (Wildman–Crippen LogP) is 1.88. The van der Waals surface area contributed by atoms with Gasteiger partial charge in [-0.2, -0.15) is 0 Å². The van der Waals surface area contributed by atoms with Gasteiger partial charge in [0.25, 0.3) is 0 Å². The van der Waals surface area contributed by atoms with Crippen LogP contribution < -0.4 is 5.32 Å². The summed E-state index contributed by atoms with van der Waals surface area (Å²) in [5.41, 5.74) is 0. The maximum absolute atomic E-state index is 11.1. The quantitative estimate of drug-likeness (QED) is 0.675. The van der Waals surface area contributed by atoms with Crippen molar-refractivity contribution >= 4 is 13.9 Å². The van der Waals surface area contributed by atoms with E-state index in [1.54, 1.807) is 0 Å². The summed E-state index contributed by atoms with van der Waals surface area (Å²) in [7, 11) is 5.56.